The summed E-state index contributed by atoms with van der Waals surface area (Å²) in [6.45, 7) is 2.41. The van der Waals surface area contributed by atoms with Crippen LogP contribution in [0, 0.1) is 5.41 Å². The summed E-state index contributed by atoms with van der Waals surface area (Å²) in [5, 5.41) is 0.388. The highest BCUT2D eigenvalue weighted by molar-refractivity contribution is 9.09. The van der Waals surface area contributed by atoms with E-state index in [0.29, 0.717) is 5.33 Å². The first-order chi connectivity index (χ1) is 4.31. The summed E-state index contributed by atoms with van der Waals surface area (Å²) in [4.78, 5) is 0. The minimum Gasteiger partial charge on any atom is -0.171 e. The van der Waals surface area contributed by atoms with Gasteiger partial charge >= 0.3 is 6.18 Å². The molecule has 0 aliphatic rings. The monoisotopic (exact) mass is 218 g/mol. The average Bonchev–Trinajstić information content (AvgIpc) is 1.61. The molecule has 0 aromatic carbocycles. The first-order valence-corrected chi connectivity index (χ1v) is 4.06. The van der Waals surface area contributed by atoms with Crippen molar-refractivity contribution in [3.8, 4) is 0 Å². The predicted octanol–water partition coefficient (Wildman–Crippen LogP) is 3.36. The summed E-state index contributed by atoms with van der Waals surface area (Å²) in [6.07, 6.45) is -3.96. The van der Waals surface area contributed by atoms with Gasteiger partial charge in [0.1, 0.15) is 0 Å². The maximum absolute atomic E-state index is 12.0. The second-order valence-corrected chi connectivity index (χ2v) is 3.61. The van der Waals surface area contributed by atoms with Crippen LogP contribution >= 0.6 is 15.9 Å². The highest BCUT2D eigenvalue weighted by Gasteiger charge is 2.46. The van der Waals surface area contributed by atoms with Gasteiger partial charge < -0.3 is 0 Å². The standard InChI is InChI=1S/C6H10BrF3/c1-5(2,3-4-7)6(8,9)10/h3-4H2,1-2H3. The number of hydrogen-bond acceptors (Lipinski definition) is 0. The number of hydrogen-bond donors (Lipinski definition) is 0. The third kappa shape index (κ3) is 2.48. The van der Waals surface area contributed by atoms with Gasteiger partial charge in [-0.3, -0.25) is 0 Å². The van der Waals surface area contributed by atoms with Gasteiger partial charge in [-0.1, -0.05) is 29.8 Å². The van der Waals surface area contributed by atoms with Crippen LogP contribution in [0.25, 0.3) is 0 Å². The molecule has 0 heterocycles. The van der Waals surface area contributed by atoms with Crippen LogP contribution in [0.4, 0.5) is 13.2 Å². The molecule has 0 saturated heterocycles. The molecule has 0 nitrogen and oxygen atoms in total. The molecule has 4 heteroatoms. The molecule has 0 radical (unpaired) electrons. The summed E-state index contributed by atoms with van der Waals surface area (Å²) < 4.78 is 36.0. The molecule has 0 aliphatic carbocycles. The van der Waals surface area contributed by atoms with Crippen LogP contribution in [0.1, 0.15) is 20.3 Å². The van der Waals surface area contributed by atoms with Crippen LogP contribution in [-0.2, 0) is 0 Å². The Labute approximate surface area is 66.9 Å². The Bertz CT molecular complexity index is 106. The summed E-state index contributed by atoms with van der Waals surface area (Å²) in [6, 6.07) is 0. The zero-order valence-corrected chi connectivity index (χ0v) is 7.51. The Morgan fingerprint density at radius 2 is 1.60 bits per heavy atom. The van der Waals surface area contributed by atoms with E-state index in [4.69, 9.17) is 0 Å². The molecule has 0 aromatic rings. The lowest BCUT2D eigenvalue weighted by Crippen LogP contribution is -2.32. The fourth-order valence-corrected chi connectivity index (χ4v) is 1.37. The highest BCUT2D eigenvalue weighted by atomic mass is 79.9. The summed E-state index contributed by atoms with van der Waals surface area (Å²) in [5.74, 6) is 0. The third-order valence-corrected chi connectivity index (χ3v) is 1.88. The van der Waals surface area contributed by atoms with E-state index in [2.05, 4.69) is 15.9 Å². The van der Waals surface area contributed by atoms with E-state index in [0.717, 1.165) is 0 Å². The Morgan fingerprint density at radius 3 is 1.70 bits per heavy atom. The van der Waals surface area contributed by atoms with Gasteiger partial charge in [0.25, 0.3) is 0 Å². The van der Waals surface area contributed by atoms with Crippen LogP contribution in [0.5, 0.6) is 0 Å². The molecule has 0 aromatic heterocycles. The van der Waals surface area contributed by atoms with Crippen molar-refractivity contribution in [2.45, 2.75) is 26.4 Å². The van der Waals surface area contributed by atoms with Gasteiger partial charge in [0, 0.05) is 5.33 Å². The van der Waals surface area contributed by atoms with Crippen LogP contribution in [0.2, 0.25) is 0 Å². The molecular weight excluding hydrogens is 209 g/mol. The average molecular weight is 219 g/mol. The largest absolute Gasteiger partial charge is 0.394 e. The van der Waals surface area contributed by atoms with Crippen molar-refractivity contribution < 1.29 is 13.2 Å². The van der Waals surface area contributed by atoms with E-state index in [9.17, 15) is 13.2 Å². The fourth-order valence-electron chi connectivity index (χ4n) is 0.378. The molecule has 0 amide bonds. The van der Waals surface area contributed by atoms with Crippen molar-refractivity contribution >= 4 is 15.9 Å². The van der Waals surface area contributed by atoms with E-state index in [-0.39, 0.29) is 6.42 Å². The molecule has 0 unspecified atom stereocenters. The predicted molar refractivity (Wildman–Crippen MR) is 38.2 cm³/mol. The molecular formula is C6H10BrF3. The SMILES string of the molecule is CC(C)(CCBr)C(F)(F)F. The number of alkyl halides is 4. The highest BCUT2D eigenvalue weighted by Crippen LogP contribution is 2.40. The van der Waals surface area contributed by atoms with Gasteiger partial charge in [-0.25, -0.2) is 0 Å². The minimum absolute atomic E-state index is 0.122. The smallest absolute Gasteiger partial charge is 0.171 e. The first kappa shape index (κ1) is 10.3. The summed E-state index contributed by atoms with van der Waals surface area (Å²) in [7, 11) is 0. The fraction of sp³-hybridized carbons (Fsp3) is 1.00. The minimum atomic E-state index is -4.08. The Morgan fingerprint density at radius 1 is 1.20 bits per heavy atom. The molecule has 0 bridgehead atoms. The van der Waals surface area contributed by atoms with Crippen molar-refractivity contribution in [1.82, 2.24) is 0 Å². The lowest BCUT2D eigenvalue weighted by Gasteiger charge is -2.26. The Hall–Kier alpha value is 0.270. The molecule has 0 spiro atoms. The second-order valence-electron chi connectivity index (χ2n) is 2.82. The first-order valence-electron chi connectivity index (χ1n) is 2.94. The molecule has 0 rings (SSSR count). The zero-order chi connectivity index (χ0) is 8.41. The van der Waals surface area contributed by atoms with Gasteiger partial charge in [0.15, 0.2) is 0 Å². The number of rotatable bonds is 2. The topological polar surface area (TPSA) is 0 Å². The van der Waals surface area contributed by atoms with Crippen molar-refractivity contribution in [3.05, 3.63) is 0 Å². The third-order valence-electron chi connectivity index (χ3n) is 1.49. The molecule has 0 N–H and O–H groups in total. The lowest BCUT2D eigenvalue weighted by atomic mass is 9.90. The van der Waals surface area contributed by atoms with Gasteiger partial charge in [-0.15, -0.1) is 0 Å². The zero-order valence-electron chi connectivity index (χ0n) is 5.93. The maximum Gasteiger partial charge on any atom is 0.394 e. The van der Waals surface area contributed by atoms with Gasteiger partial charge in [-0.05, 0) is 6.42 Å². The molecule has 0 fully saturated rings. The summed E-state index contributed by atoms with van der Waals surface area (Å²) in [5.41, 5.74) is -1.56. The van der Waals surface area contributed by atoms with E-state index < -0.39 is 11.6 Å². The van der Waals surface area contributed by atoms with Crippen LogP contribution < -0.4 is 0 Å². The van der Waals surface area contributed by atoms with E-state index in [1.54, 1.807) is 0 Å². The number of halogens is 4. The molecule has 0 saturated carbocycles. The van der Waals surface area contributed by atoms with Crippen molar-refractivity contribution in [1.29, 1.82) is 0 Å². The van der Waals surface area contributed by atoms with Crippen molar-refractivity contribution in [3.63, 3.8) is 0 Å². The van der Waals surface area contributed by atoms with Gasteiger partial charge in [0.2, 0.25) is 0 Å². The molecule has 62 valence electrons. The molecule has 0 aliphatic heterocycles. The van der Waals surface area contributed by atoms with Crippen molar-refractivity contribution in [2.24, 2.45) is 5.41 Å². The van der Waals surface area contributed by atoms with Crippen LogP contribution in [-0.4, -0.2) is 11.5 Å². The van der Waals surface area contributed by atoms with E-state index in [1.807, 2.05) is 0 Å². The van der Waals surface area contributed by atoms with Gasteiger partial charge in [0.05, 0.1) is 5.41 Å². The van der Waals surface area contributed by atoms with Crippen molar-refractivity contribution in [2.75, 3.05) is 5.33 Å². The molecule has 0 atom stereocenters. The lowest BCUT2D eigenvalue weighted by molar-refractivity contribution is -0.211. The summed E-state index contributed by atoms with van der Waals surface area (Å²) >= 11 is 2.98. The quantitative estimate of drug-likeness (QED) is 0.624. The van der Waals surface area contributed by atoms with E-state index >= 15 is 0 Å². The second kappa shape index (κ2) is 3.11. The normalized spacial score (nSPS) is 13.8. The van der Waals surface area contributed by atoms with Crippen LogP contribution in [0.15, 0.2) is 0 Å². The van der Waals surface area contributed by atoms with Crippen LogP contribution in [0.3, 0.4) is 0 Å². The Kier molecular flexibility index (Phi) is 3.20. The maximum atomic E-state index is 12.0. The molecule has 10 heavy (non-hydrogen) atoms. The van der Waals surface area contributed by atoms with Gasteiger partial charge in [-0.2, -0.15) is 13.2 Å². The van der Waals surface area contributed by atoms with E-state index in [1.165, 1.54) is 13.8 Å². The Balaban J connectivity index is 4.10.